The van der Waals surface area contributed by atoms with Gasteiger partial charge in [-0.25, -0.2) is 9.18 Å². The van der Waals surface area contributed by atoms with E-state index in [4.69, 9.17) is 4.74 Å². The summed E-state index contributed by atoms with van der Waals surface area (Å²) in [6.07, 6.45) is -1.39. The summed E-state index contributed by atoms with van der Waals surface area (Å²) in [6, 6.07) is -0.186. The van der Waals surface area contributed by atoms with Crippen LogP contribution in [0.5, 0.6) is 0 Å². The molecular weight excluding hydrogens is 249 g/mol. The maximum atomic E-state index is 14.1. The van der Waals surface area contributed by atoms with Gasteiger partial charge in [-0.3, -0.25) is 4.90 Å². The van der Waals surface area contributed by atoms with E-state index in [1.54, 1.807) is 0 Å². The van der Waals surface area contributed by atoms with Crippen molar-refractivity contribution in [3.05, 3.63) is 0 Å². The second-order valence-electron chi connectivity index (χ2n) is 6.25. The van der Waals surface area contributed by atoms with Crippen molar-refractivity contribution in [2.75, 3.05) is 39.3 Å². The highest BCUT2D eigenvalue weighted by Crippen LogP contribution is 2.21. The number of alkyl halides is 1. The quantitative estimate of drug-likeness (QED) is 0.769. The molecule has 0 aromatic rings. The van der Waals surface area contributed by atoms with Crippen LogP contribution in [0.4, 0.5) is 9.18 Å². The van der Waals surface area contributed by atoms with Gasteiger partial charge in [0, 0.05) is 32.7 Å². The monoisotopic (exact) mass is 273 g/mol. The van der Waals surface area contributed by atoms with Gasteiger partial charge >= 0.3 is 6.09 Å². The third kappa shape index (κ3) is 3.79. The molecule has 2 rings (SSSR count). The molecule has 0 aromatic heterocycles. The van der Waals surface area contributed by atoms with Gasteiger partial charge in [0.2, 0.25) is 0 Å². The van der Waals surface area contributed by atoms with Crippen LogP contribution in [0.15, 0.2) is 0 Å². The van der Waals surface area contributed by atoms with E-state index in [9.17, 15) is 9.18 Å². The van der Waals surface area contributed by atoms with Gasteiger partial charge in [-0.1, -0.05) is 0 Å². The SMILES string of the molecule is CC(C)(C)OC(=O)N1CC(F)C(N2CCNCC2)C1. The minimum atomic E-state index is -0.981. The van der Waals surface area contributed by atoms with E-state index in [0.29, 0.717) is 6.54 Å². The van der Waals surface area contributed by atoms with Crippen molar-refractivity contribution in [2.24, 2.45) is 0 Å². The third-order valence-corrected chi connectivity index (χ3v) is 3.49. The Morgan fingerprint density at radius 3 is 2.47 bits per heavy atom. The van der Waals surface area contributed by atoms with Crippen LogP contribution < -0.4 is 5.32 Å². The Bertz CT molecular complexity index is 326. The number of halogens is 1. The van der Waals surface area contributed by atoms with E-state index >= 15 is 0 Å². The highest BCUT2D eigenvalue weighted by Gasteiger charge is 2.40. The van der Waals surface area contributed by atoms with Gasteiger partial charge in [-0.2, -0.15) is 0 Å². The first kappa shape index (κ1) is 14.5. The van der Waals surface area contributed by atoms with Crippen LogP contribution in [0.2, 0.25) is 0 Å². The molecular formula is C13H24FN3O2. The van der Waals surface area contributed by atoms with Crippen LogP contribution in [-0.2, 0) is 4.74 Å². The number of ether oxygens (including phenoxy) is 1. The van der Waals surface area contributed by atoms with Crippen molar-refractivity contribution in [3.63, 3.8) is 0 Å². The maximum Gasteiger partial charge on any atom is 0.410 e. The van der Waals surface area contributed by atoms with Gasteiger partial charge in [0.15, 0.2) is 0 Å². The number of amides is 1. The normalized spacial score (nSPS) is 29.6. The van der Waals surface area contributed by atoms with Crippen molar-refractivity contribution >= 4 is 6.09 Å². The minimum absolute atomic E-state index is 0.142. The largest absolute Gasteiger partial charge is 0.444 e. The summed E-state index contributed by atoms with van der Waals surface area (Å²) in [4.78, 5) is 15.6. The average Bonchev–Trinajstić information content (AvgIpc) is 2.70. The van der Waals surface area contributed by atoms with Gasteiger partial charge in [0.25, 0.3) is 0 Å². The third-order valence-electron chi connectivity index (χ3n) is 3.49. The lowest BCUT2D eigenvalue weighted by Crippen LogP contribution is -2.51. The lowest BCUT2D eigenvalue weighted by molar-refractivity contribution is 0.0275. The molecule has 0 radical (unpaired) electrons. The predicted molar refractivity (Wildman–Crippen MR) is 70.9 cm³/mol. The molecule has 5 nitrogen and oxygen atoms in total. The average molecular weight is 273 g/mol. The minimum Gasteiger partial charge on any atom is -0.444 e. The van der Waals surface area contributed by atoms with E-state index in [1.165, 1.54) is 4.90 Å². The molecule has 0 saturated carbocycles. The zero-order valence-corrected chi connectivity index (χ0v) is 12.0. The molecule has 2 saturated heterocycles. The molecule has 19 heavy (non-hydrogen) atoms. The Hall–Kier alpha value is -0.880. The zero-order chi connectivity index (χ0) is 14.0. The molecule has 2 atom stereocenters. The second kappa shape index (κ2) is 5.63. The number of carbonyl (C=O) groups is 1. The molecule has 6 heteroatoms. The number of hydrogen-bond acceptors (Lipinski definition) is 4. The fourth-order valence-corrected chi connectivity index (χ4v) is 2.58. The molecule has 1 N–H and O–H groups in total. The van der Waals surface area contributed by atoms with E-state index in [2.05, 4.69) is 10.2 Å². The first-order chi connectivity index (χ1) is 8.87. The van der Waals surface area contributed by atoms with Crippen molar-refractivity contribution in [2.45, 2.75) is 38.6 Å². The van der Waals surface area contributed by atoms with Gasteiger partial charge in [-0.05, 0) is 20.8 Å². The van der Waals surface area contributed by atoms with E-state index in [0.717, 1.165) is 26.2 Å². The number of carbonyl (C=O) groups excluding carboxylic acids is 1. The Balaban J connectivity index is 1.91. The highest BCUT2D eigenvalue weighted by molar-refractivity contribution is 5.68. The summed E-state index contributed by atoms with van der Waals surface area (Å²) in [7, 11) is 0. The number of rotatable bonds is 1. The summed E-state index contributed by atoms with van der Waals surface area (Å²) < 4.78 is 19.4. The van der Waals surface area contributed by atoms with Crippen molar-refractivity contribution in [3.8, 4) is 0 Å². The lowest BCUT2D eigenvalue weighted by Gasteiger charge is -2.33. The summed E-state index contributed by atoms with van der Waals surface area (Å²) in [5.41, 5.74) is -0.532. The van der Waals surface area contributed by atoms with Crippen molar-refractivity contribution in [1.29, 1.82) is 0 Å². The molecule has 0 aromatic carbocycles. The second-order valence-corrected chi connectivity index (χ2v) is 6.25. The number of nitrogens with zero attached hydrogens (tertiary/aromatic N) is 2. The molecule has 2 fully saturated rings. The maximum absolute atomic E-state index is 14.1. The zero-order valence-electron chi connectivity index (χ0n) is 12.0. The number of likely N-dealkylation sites (tertiary alicyclic amines) is 1. The molecule has 2 aliphatic heterocycles. The fourth-order valence-electron chi connectivity index (χ4n) is 2.58. The molecule has 2 aliphatic rings. The Morgan fingerprint density at radius 1 is 1.26 bits per heavy atom. The summed E-state index contributed by atoms with van der Waals surface area (Å²) in [5, 5.41) is 3.25. The van der Waals surface area contributed by atoms with Gasteiger partial charge in [0.05, 0.1) is 12.6 Å². The van der Waals surface area contributed by atoms with Gasteiger partial charge in [0.1, 0.15) is 11.8 Å². The predicted octanol–water partition coefficient (Wildman–Crippen LogP) is 0.849. The molecule has 0 spiro atoms. The molecule has 110 valence electrons. The van der Waals surface area contributed by atoms with E-state index in [-0.39, 0.29) is 12.6 Å². The first-order valence-corrected chi connectivity index (χ1v) is 6.93. The van der Waals surface area contributed by atoms with Crippen molar-refractivity contribution in [1.82, 2.24) is 15.1 Å². The number of piperazine rings is 1. The van der Waals surface area contributed by atoms with Gasteiger partial charge in [-0.15, -0.1) is 0 Å². The number of hydrogen-bond donors (Lipinski definition) is 1. The number of nitrogens with one attached hydrogen (secondary N) is 1. The van der Waals surface area contributed by atoms with Crippen LogP contribution in [0.1, 0.15) is 20.8 Å². The molecule has 0 bridgehead atoms. The highest BCUT2D eigenvalue weighted by atomic mass is 19.1. The summed E-state index contributed by atoms with van der Waals surface area (Å²) in [5.74, 6) is 0. The van der Waals surface area contributed by atoms with Crippen LogP contribution >= 0.6 is 0 Å². The Kier molecular flexibility index (Phi) is 4.30. The molecule has 2 unspecified atom stereocenters. The van der Waals surface area contributed by atoms with E-state index in [1.807, 2.05) is 20.8 Å². The summed E-state index contributed by atoms with van der Waals surface area (Å²) >= 11 is 0. The van der Waals surface area contributed by atoms with Crippen LogP contribution in [0.25, 0.3) is 0 Å². The van der Waals surface area contributed by atoms with Crippen LogP contribution in [0.3, 0.4) is 0 Å². The molecule has 2 heterocycles. The van der Waals surface area contributed by atoms with Crippen molar-refractivity contribution < 1.29 is 13.9 Å². The van der Waals surface area contributed by atoms with Gasteiger partial charge < -0.3 is 15.0 Å². The summed E-state index contributed by atoms with van der Waals surface area (Å²) in [6.45, 7) is 9.48. The standard InChI is InChI=1S/C13H24FN3O2/c1-13(2,3)19-12(18)17-8-10(14)11(9-17)16-6-4-15-5-7-16/h10-11,15H,4-9H2,1-3H3. The fraction of sp³-hybridized carbons (Fsp3) is 0.923. The Morgan fingerprint density at radius 2 is 1.89 bits per heavy atom. The smallest absolute Gasteiger partial charge is 0.410 e. The molecule has 0 aliphatic carbocycles. The van der Waals surface area contributed by atoms with Crippen LogP contribution in [-0.4, -0.2) is 73.0 Å². The molecule has 1 amide bonds. The Labute approximate surface area is 114 Å². The van der Waals surface area contributed by atoms with E-state index < -0.39 is 17.9 Å². The first-order valence-electron chi connectivity index (χ1n) is 6.93. The lowest BCUT2D eigenvalue weighted by atomic mass is 10.2. The topological polar surface area (TPSA) is 44.8 Å². The van der Waals surface area contributed by atoms with Crippen LogP contribution in [0, 0.1) is 0 Å².